The van der Waals surface area contributed by atoms with Crippen LogP contribution in [-0.2, 0) is 25.7 Å². The number of aromatic nitrogens is 5. The molecule has 0 saturated heterocycles. The summed E-state index contributed by atoms with van der Waals surface area (Å²) in [6.45, 7) is 3.82. The summed E-state index contributed by atoms with van der Waals surface area (Å²) in [5.41, 5.74) is 0. The molecule has 0 amide bonds. The predicted molar refractivity (Wildman–Crippen MR) is 80.6 cm³/mol. The van der Waals surface area contributed by atoms with E-state index in [1.54, 1.807) is 29.6 Å². The van der Waals surface area contributed by atoms with Gasteiger partial charge in [0.15, 0.2) is 5.82 Å². The molecule has 0 saturated carbocycles. The van der Waals surface area contributed by atoms with Gasteiger partial charge in [-0.05, 0) is 13.3 Å². The zero-order valence-corrected chi connectivity index (χ0v) is 13.5. The van der Waals surface area contributed by atoms with Gasteiger partial charge in [0.25, 0.3) is 0 Å². The van der Waals surface area contributed by atoms with Gasteiger partial charge < -0.3 is 4.52 Å². The standard InChI is InChI=1S/C13H15N5OS2/c1-8-15-11(18-19-8)4-6-13-17-16-12(21-13)5-3-10-7-14-9(2)20-10/h7H,3-6H2,1-2H3. The van der Waals surface area contributed by atoms with Crippen LogP contribution in [-0.4, -0.2) is 25.3 Å². The highest BCUT2D eigenvalue weighted by Gasteiger charge is 2.08. The molecule has 0 aromatic carbocycles. The number of hydrogen-bond acceptors (Lipinski definition) is 8. The van der Waals surface area contributed by atoms with E-state index in [-0.39, 0.29) is 0 Å². The van der Waals surface area contributed by atoms with Crippen molar-refractivity contribution in [3.05, 3.63) is 37.8 Å². The molecule has 0 aliphatic heterocycles. The van der Waals surface area contributed by atoms with E-state index in [1.165, 1.54) is 4.88 Å². The summed E-state index contributed by atoms with van der Waals surface area (Å²) in [5, 5.41) is 15.6. The lowest BCUT2D eigenvalue weighted by Crippen LogP contribution is -1.93. The molecule has 0 aliphatic carbocycles. The van der Waals surface area contributed by atoms with Crippen molar-refractivity contribution >= 4 is 22.7 Å². The molecule has 21 heavy (non-hydrogen) atoms. The molecule has 0 aliphatic rings. The topological polar surface area (TPSA) is 77.6 Å². The van der Waals surface area contributed by atoms with Gasteiger partial charge in [0.1, 0.15) is 10.0 Å². The Labute approximate surface area is 130 Å². The third-order valence-electron chi connectivity index (χ3n) is 2.90. The van der Waals surface area contributed by atoms with Crippen LogP contribution in [0.3, 0.4) is 0 Å². The maximum absolute atomic E-state index is 4.95. The Bertz CT molecular complexity index is 659. The summed E-state index contributed by atoms with van der Waals surface area (Å²) in [5.74, 6) is 1.33. The fourth-order valence-electron chi connectivity index (χ4n) is 1.90. The fourth-order valence-corrected chi connectivity index (χ4v) is 3.54. The van der Waals surface area contributed by atoms with Crippen molar-refractivity contribution in [3.63, 3.8) is 0 Å². The van der Waals surface area contributed by atoms with E-state index in [4.69, 9.17) is 4.52 Å². The first kappa shape index (κ1) is 14.3. The minimum absolute atomic E-state index is 0.600. The fraction of sp³-hybridized carbons (Fsp3) is 0.462. The highest BCUT2D eigenvalue weighted by Crippen LogP contribution is 2.17. The van der Waals surface area contributed by atoms with E-state index in [2.05, 4.69) is 25.3 Å². The van der Waals surface area contributed by atoms with Crippen LogP contribution in [0.1, 0.15) is 31.6 Å². The highest BCUT2D eigenvalue weighted by molar-refractivity contribution is 7.11. The van der Waals surface area contributed by atoms with Crippen LogP contribution < -0.4 is 0 Å². The molecule has 0 spiro atoms. The Morgan fingerprint density at radius 1 is 1.00 bits per heavy atom. The Balaban J connectivity index is 1.51. The van der Waals surface area contributed by atoms with Crippen LogP contribution in [0.4, 0.5) is 0 Å². The van der Waals surface area contributed by atoms with E-state index >= 15 is 0 Å². The molecular formula is C13H15N5OS2. The van der Waals surface area contributed by atoms with Gasteiger partial charge >= 0.3 is 0 Å². The first-order chi connectivity index (χ1) is 10.2. The molecule has 0 N–H and O–H groups in total. The molecule has 3 aromatic heterocycles. The molecule has 110 valence electrons. The Kier molecular flexibility index (Phi) is 4.35. The average molecular weight is 321 g/mol. The molecular weight excluding hydrogens is 306 g/mol. The van der Waals surface area contributed by atoms with Gasteiger partial charge in [0.2, 0.25) is 5.89 Å². The Morgan fingerprint density at radius 3 is 2.38 bits per heavy atom. The quantitative estimate of drug-likeness (QED) is 0.694. The SMILES string of the molecule is Cc1nc(CCc2nnc(CCc3cnc(C)s3)s2)no1. The van der Waals surface area contributed by atoms with E-state index in [9.17, 15) is 0 Å². The van der Waals surface area contributed by atoms with Crippen LogP contribution >= 0.6 is 22.7 Å². The summed E-state index contributed by atoms with van der Waals surface area (Å²) in [4.78, 5) is 9.74. The van der Waals surface area contributed by atoms with Gasteiger partial charge in [-0.25, -0.2) is 4.98 Å². The number of aryl methyl sites for hydroxylation is 6. The van der Waals surface area contributed by atoms with Crippen molar-refractivity contribution in [1.82, 2.24) is 25.3 Å². The normalized spacial score (nSPS) is 11.1. The zero-order valence-electron chi connectivity index (χ0n) is 11.9. The van der Waals surface area contributed by atoms with E-state index in [0.717, 1.165) is 46.5 Å². The van der Waals surface area contributed by atoms with Gasteiger partial charge in [0, 0.05) is 37.3 Å². The van der Waals surface area contributed by atoms with Gasteiger partial charge in [0.05, 0.1) is 5.01 Å². The molecule has 0 atom stereocenters. The summed E-state index contributed by atoms with van der Waals surface area (Å²) in [6, 6.07) is 0. The molecule has 8 heteroatoms. The second-order valence-corrected chi connectivity index (χ2v) is 7.13. The van der Waals surface area contributed by atoms with Crippen LogP contribution in [0, 0.1) is 13.8 Å². The largest absolute Gasteiger partial charge is 0.340 e. The van der Waals surface area contributed by atoms with Crippen molar-refractivity contribution < 1.29 is 4.52 Å². The molecule has 0 fully saturated rings. The minimum atomic E-state index is 0.600. The first-order valence-corrected chi connectivity index (χ1v) is 8.34. The van der Waals surface area contributed by atoms with Crippen LogP contribution in [0.15, 0.2) is 10.7 Å². The lowest BCUT2D eigenvalue weighted by Gasteiger charge is -1.92. The maximum Gasteiger partial charge on any atom is 0.223 e. The number of hydrogen-bond donors (Lipinski definition) is 0. The lowest BCUT2D eigenvalue weighted by atomic mass is 10.3. The Morgan fingerprint density at radius 2 is 1.76 bits per heavy atom. The smallest absolute Gasteiger partial charge is 0.223 e. The number of nitrogens with zero attached hydrogens (tertiary/aromatic N) is 5. The zero-order chi connectivity index (χ0) is 14.7. The van der Waals surface area contributed by atoms with Crippen LogP contribution in [0.2, 0.25) is 0 Å². The van der Waals surface area contributed by atoms with Crippen molar-refractivity contribution in [2.24, 2.45) is 0 Å². The van der Waals surface area contributed by atoms with E-state index < -0.39 is 0 Å². The molecule has 3 rings (SSSR count). The van der Waals surface area contributed by atoms with Crippen molar-refractivity contribution in [2.75, 3.05) is 0 Å². The summed E-state index contributed by atoms with van der Waals surface area (Å²) in [6.07, 6.45) is 5.38. The summed E-state index contributed by atoms with van der Waals surface area (Å²) in [7, 11) is 0. The van der Waals surface area contributed by atoms with Crippen LogP contribution in [0.25, 0.3) is 0 Å². The van der Waals surface area contributed by atoms with Crippen molar-refractivity contribution in [1.29, 1.82) is 0 Å². The van der Waals surface area contributed by atoms with E-state index in [1.807, 2.05) is 13.1 Å². The summed E-state index contributed by atoms with van der Waals surface area (Å²) < 4.78 is 4.95. The molecule has 0 unspecified atom stereocenters. The van der Waals surface area contributed by atoms with Gasteiger partial charge in [-0.15, -0.1) is 32.9 Å². The molecule has 6 nitrogen and oxygen atoms in total. The first-order valence-electron chi connectivity index (χ1n) is 6.71. The molecule has 3 aromatic rings. The number of thiazole rings is 1. The monoisotopic (exact) mass is 321 g/mol. The third-order valence-corrected chi connectivity index (χ3v) is 4.91. The summed E-state index contributed by atoms with van der Waals surface area (Å²) >= 11 is 3.40. The van der Waals surface area contributed by atoms with Crippen molar-refractivity contribution in [2.45, 2.75) is 39.5 Å². The molecule has 0 bridgehead atoms. The molecule has 3 heterocycles. The molecule has 0 radical (unpaired) electrons. The van der Waals surface area contributed by atoms with Crippen LogP contribution in [0.5, 0.6) is 0 Å². The third kappa shape index (κ3) is 3.92. The average Bonchev–Trinajstić information content (AvgIpc) is 3.16. The van der Waals surface area contributed by atoms with Crippen molar-refractivity contribution in [3.8, 4) is 0 Å². The minimum Gasteiger partial charge on any atom is -0.340 e. The second kappa shape index (κ2) is 6.40. The maximum atomic E-state index is 4.95. The second-order valence-electron chi connectivity index (χ2n) is 4.66. The van der Waals surface area contributed by atoms with E-state index in [0.29, 0.717) is 5.89 Å². The van der Waals surface area contributed by atoms with Gasteiger partial charge in [-0.3, -0.25) is 0 Å². The highest BCUT2D eigenvalue weighted by atomic mass is 32.1. The predicted octanol–water partition coefficient (Wildman–Crippen LogP) is 2.56. The Hall–Kier alpha value is -1.67. The lowest BCUT2D eigenvalue weighted by molar-refractivity contribution is 0.387. The van der Waals surface area contributed by atoms with Gasteiger partial charge in [-0.2, -0.15) is 4.98 Å². The number of rotatable bonds is 6. The van der Waals surface area contributed by atoms with Gasteiger partial charge in [-0.1, -0.05) is 5.16 Å².